The smallest absolute Gasteiger partial charge is 0.268 e. The number of rotatable bonds is 4. The second kappa shape index (κ2) is 10.4. The van der Waals surface area contributed by atoms with Crippen LogP contribution < -0.4 is 4.90 Å². The Balaban J connectivity index is 1.39. The van der Waals surface area contributed by atoms with Gasteiger partial charge in [-0.05, 0) is 95.1 Å². The lowest BCUT2D eigenvalue weighted by Gasteiger charge is -2.14. The van der Waals surface area contributed by atoms with Crippen LogP contribution in [0.25, 0.3) is 49.7 Å². The van der Waals surface area contributed by atoms with Gasteiger partial charge >= 0.3 is 0 Å². The third kappa shape index (κ3) is 4.10. The first-order valence-electron chi connectivity index (χ1n) is 14.7. The van der Waals surface area contributed by atoms with Crippen LogP contribution in [0.15, 0.2) is 133 Å². The average molecular weight is 591 g/mol. The molecule has 2 amide bonds. The Labute approximate surface area is 264 Å². The Bertz CT molecular complexity index is 2380. The van der Waals surface area contributed by atoms with Gasteiger partial charge in [0.25, 0.3) is 11.8 Å². The minimum absolute atomic E-state index is 0.353. The molecule has 0 saturated carbocycles. The standard InChI is InChI=1S/C40H22N4O2/c41-23-25-7-4-9-27(19-25)29-15-17-35-33(21-29)34-22-30(28-10-5-8-26(20-28)24-42)16-18-36(34)44(35)37-14-6-13-32-38(37)40(46)43(39(32)45)31-11-2-1-3-12-31/h1-22H. The largest absolute Gasteiger partial charge is 0.308 e. The summed E-state index contributed by atoms with van der Waals surface area (Å²) < 4.78 is 2.05. The van der Waals surface area contributed by atoms with Crippen molar-refractivity contribution in [1.82, 2.24) is 4.57 Å². The van der Waals surface area contributed by atoms with E-state index in [1.165, 1.54) is 4.90 Å². The molecular weight excluding hydrogens is 568 g/mol. The molecule has 0 unspecified atom stereocenters. The van der Waals surface area contributed by atoms with Crippen molar-refractivity contribution in [2.24, 2.45) is 0 Å². The van der Waals surface area contributed by atoms with Gasteiger partial charge in [-0.2, -0.15) is 10.5 Å². The zero-order valence-electron chi connectivity index (χ0n) is 24.3. The maximum absolute atomic E-state index is 14.0. The predicted molar refractivity (Wildman–Crippen MR) is 179 cm³/mol. The summed E-state index contributed by atoms with van der Waals surface area (Å²) in [4.78, 5) is 28.9. The second-order valence-corrected chi connectivity index (χ2v) is 11.2. The van der Waals surface area contributed by atoms with E-state index in [0.29, 0.717) is 33.6 Å². The first-order valence-corrected chi connectivity index (χ1v) is 14.7. The topological polar surface area (TPSA) is 89.9 Å². The highest BCUT2D eigenvalue weighted by atomic mass is 16.2. The van der Waals surface area contributed by atoms with Crippen LogP contribution in [0.3, 0.4) is 0 Å². The highest BCUT2D eigenvalue weighted by Crippen LogP contribution is 2.40. The Morgan fingerprint density at radius 3 is 1.61 bits per heavy atom. The van der Waals surface area contributed by atoms with Gasteiger partial charge in [-0.15, -0.1) is 0 Å². The van der Waals surface area contributed by atoms with Crippen LogP contribution in [0.4, 0.5) is 5.69 Å². The molecule has 7 aromatic rings. The van der Waals surface area contributed by atoms with Crippen molar-refractivity contribution in [2.75, 3.05) is 4.90 Å². The van der Waals surface area contributed by atoms with Crippen molar-refractivity contribution in [2.45, 2.75) is 0 Å². The van der Waals surface area contributed by atoms with Crippen molar-refractivity contribution in [3.8, 4) is 40.1 Å². The summed E-state index contributed by atoms with van der Waals surface area (Å²) in [5.74, 6) is -0.722. The molecule has 6 heteroatoms. The van der Waals surface area contributed by atoms with E-state index in [-0.39, 0.29) is 11.8 Å². The number of fused-ring (bicyclic) bond motifs is 4. The van der Waals surface area contributed by atoms with Crippen LogP contribution in [-0.2, 0) is 0 Å². The fraction of sp³-hybridized carbons (Fsp3) is 0. The lowest BCUT2D eigenvalue weighted by atomic mass is 9.99. The zero-order chi connectivity index (χ0) is 31.4. The lowest BCUT2D eigenvalue weighted by molar-refractivity contribution is 0.0926. The van der Waals surface area contributed by atoms with E-state index in [1.807, 2.05) is 83.4 Å². The quantitative estimate of drug-likeness (QED) is 0.192. The molecular formula is C40H22N4O2. The molecule has 8 rings (SSSR count). The molecule has 6 nitrogen and oxygen atoms in total. The number of nitriles is 2. The molecule has 0 radical (unpaired) electrons. The number of benzene rings is 6. The number of amides is 2. The SMILES string of the molecule is N#Cc1cccc(-c2ccc3c(c2)c2cc(-c4cccc(C#N)c4)ccc2n3-c2cccc3c2C(=O)N(c2ccccc2)C3=O)c1. The van der Waals surface area contributed by atoms with E-state index in [9.17, 15) is 20.1 Å². The molecule has 0 spiro atoms. The van der Waals surface area contributed by atoms with E-state index >= 15 is 0 Å². The average Bonchev–Trinajstić information content (AvgIpc) is 3.58. The van der Waals surface area contributed by atoms with Crippen LogP contribution in [0.1, 0.15) is 31.8 Å². The third-order valence-electron chi connectivity index (χ3n) is 8.56. The van der Waals surface area contributed by atoms with Gasteiger partial charge in [0, 0.05) is 10.8 Å². The highest BCUT2D eigenvalue weighted by molar-refractivity contribution is 6.35. The molecule has 0 fully saturated rings. The molecule has 1 aliphatic rings. The van der Waals surface area contributed by atoms with Gasteiger partial charge in [0.1, 0.15) is 0 Å². The van der Waals surface area contributed by atoms with Crippen LogP contribution in [0.2, 0.25) is 0 Å². The van der Waals surface area contributed by atoms with E-state index in [2.05, 4.69) is 24.3 Å². The second-order valence-electron chi connectivity index (χ2n) is 11.2. The van der Waals surface area contributed by atoms with Crippen LogP contribution in [0, 0.1) is 22.7 Å². The molecule has 0 bridgehead atoms. The number of hydrogen-bond donors (Lipinski definition) is 0. The summed E-state index contributed by atoms with van der Waals surface area (Å²) in [6.45, 7) is 0. The molecule has 0 aliphatic carbocycles. The lowest BCUT2D eigenvalue weighted by Crippen LogP contribution is -2.29. The fourth-order valence-electron chi connectivity index (χ4n) is 6.44. The number of carbonyl (C=O) groups is 2. The summed E-state index contributed by atoms with van der Waals surface area (Å²) in [7, 11) is 0. The highest BCUT2D eigenvalue weighted by Gasteiger charge is 2.39. The Morgan fingerprint density at radius 1 is 0.500 bits per heavy atom. The first-order chi connectivity index (χ1) is 22.6. The van der Waals surface area contributed by atoms with Gasteiger partial charge in [-0.1, -0.05) is 60.7 Å². The van der Waals surface area contributed by atoms with Crippen molar-refractivity contribution in [1.29, 1.82) is 10.5 Å². The summed E-state index contributed by atoms with van der Waals surface area (Å²) in [5, 5.41) is 20.9. The molecule has 46 heavy (non-hydrogen) atoms. The molecule has 1 aromatic heterocycles. The minimum atomic E-state index is -0.369. The first kappa shape index (κ1) is 26.8. The predicted octanol–water partition coefficient (Wildman–Crippen LogP) is 8.66. The van der Waals surface area contributed by atoms with Gasteiger partial charge in [0.05, 0.1) is 56.8 Å². The monoisotopic (exact) mass is 590 g/mol. The van der Waals surface area contributed by atoms with Crippen molar-refractivity contribution < 1.29 is 9.59 Å². The molecule has 6 aromatic carbocycles. The Hall–Kier alpha value is -6.76. The maximum atomic E-state index is 14.0. The molecule has 0 atom stereocenters. The normalized spacial score (nSPS) is 12.3. The number of carbonyl (C=O) groups excluding carboxylic acids is 2. The van der Waals surface area contributed by atoms with Gasteiger partial charge in [-0.3, -0.25) is 9.59 Å². The third-order valence-corrected chi connectivity index (χ3v) is 8.56. The number of aromatic nitrogens is 1. The number of nitrogens with zero attached hydrogens (tertiary/aromatic N) is 4. The van der Waals surface area contributed by atoms with E-state index < -0.39 is 0 Å². The molecule has 1 aliphatic heterocycles. The molecule has 0 N–H and O–H groups in total. The number of imide groups is 1. The zero-order valence-corrected chi connectivity index (χ0v) is 24.3. The summed E-state index contributed by atoms with van der Waals surface area (Å²) in [5.41, 5.74) is 8.46. The maximum Gasteiger partial charge on any atom is 0.268 e. The fourth-order valence-corrected chi connectivity index (χ4v) is 6.44. The minimum Gasteiger partial charge on any atom is -0.308 e. The van der Waals surface area contributed by atoms with Crippen molar-refractivity contribution in [3.63, 3.8) is 0 Å². The van der Waals surface area contributed by atoms with Gasteiger partial charge in [-0.25, -0.2) is 4.90 Å². The van der Waals surface area contributed by atoms with Crippen LogP contribution in [-0.4, -0.2) is 16.4 Å². The van der Waals surface area contributed by atoms with E-state index in [4.69, 9.17) is 0 Å². The van der Waals surface area contributed by atoms with Gasteiger partial charge in [0.2, 0.25) is 0 Å². The van der Waals surface area contributed by atoms with Crippen molar-refractivity contribution in [3.05, 3.63) is 156 Å². The summed E-state index contributed by atoms with van der Waals surface area (Å²) in [6.07, 6.45) is 0. The number of para-hydroxylation sites is 1. The summed E-state index contributed by atoms with van der Waals surface area (Å²) >= 11 is 0. The number of anilines is 1. The van der Waals surface area contributed by atoms with Crippen LogP contribution in [0.5, 0.6) is 0 Å². The Kier molecular flexibility index (Phi) is 6.10. The van der Waals surface area contributed by atoms with E-state index in [1.54, 1.807) is 42.5 Å². The van der Waals surface area contributed by atoms with Gasteiger partial charge in [0.15, 0.2) is 0 Å². The van der Waals surface area contributed by atoms with E-state index in [0.717, 1.165) is 44.1 Å². The molecule has 0 saturated heterocycles. The van der Waals surface area contributed by atoms with Crippen LogP contribution >= 0.6 is 0 Å². The van der Waals surface area contributed by atoms with Crippen molar-refractivity contribution >= 4 is 39.3 Å². The Morgan fingerprint density at radius 2 is 1.04 bits per heavy atom. The summed E-state index contributed by atoms with van der Waals surface area (Å²) in [6, 6.07) is 46.1. The molecule has 2 heterocycles. The molecule has 214 valence electrons. The number of hydrogen-bond acceptors (Lipinski definition) is 4. The van der Waals surface area contributed by atoms with Gasteiger partial charge < -0.3 is 4.57 Å².